The van der Waals surface area contributed by atoms with Gasteiger partial charge in [0.05, 0.1) is 6.04 Å². The van der Waals surface area contributed by atoms with E-state index in [1.807, 2.05) is 30.1 Å². The summed E-state index contributed by atoms with van der Waals surface area (Å²) in [6, 6.07) is 11.8. The van der Waals surface area contributed by atoms with Crippen LogP contribution in [0, 0.1) is 5.92 Å². The van der Waals surface area contributed by atoms with Crippen LogP contribution in [0.15, 0.2) is 30.3 Å². The minimum absolute atomic E-state index is 0. The molecule has 4 heteroatoms. The standard InChI is InChI=1S/C18H26N2O.ClH/c1-13(15-6-4-3-5-7-15)20(2)18(21)12-14-10-16-8-9-17(11-14)19-16;/h3-7,13-14,16-17,19H,8-12H2,1-2H3;1H. The molecule has 1 aromatic carbocycles. The van der Waals surface area contributed by atoms with Crippen LogP contribution in [0.25, 0.3) is 0 Å². The number of halogens is 1. The molecule has 3 atom stereocenters. The molecule has 2 aliphatic heterocycles. The molecule has 22 heavy (non-hydrogen) atoms. The second kappa shape index (κ2) is 7.47. The number of carbonyl (C=O) groups is 1. The molecular weight excluding hydrogens is 296 g/mol. The smallest absolute Gasteiger partial charge is 0.223 e. The Bertz CT molecular complexity index is 481. The van der Waals surface area contributed by atoms with Crippen LogP contribution in [-0.4, -0.2) is 29.9 Å². The number of carbonyl (C=O) groups excluding carboxylic acids is 1. The van der Waals surface area contributed by atoms with Gasteiger partial charge in [0.2, 0.25) is 5.91 Å². The minimum atomic E-state index is 0. The van der Waals surface area contributed by atoms with E-state index < -0.39 is 0 Å². The maximum absolute atomic E-state index is 12.6. The Morgan fingerprint density at radius 1 is 1.23 bits per heavy atom. The number of hydrogen-bond donors (Lipinski definition) is 1. The fourth-order valence-electron chi connectivity index (χ4n) is 3.90. The molecule has 0 radical (unpaired) electrons. The van der Waals surface area contributed by atoms with Crippen molar-refractivity contribution in [3.05, 3.63) is 35.9 Å². The molecule has 0 aliphatic carbocycles. The molecule has 122 valence electrons. The SMILES string of the molecule is CC(c1ccccc1)N(C)C(=O)CC1CC2CCC(C1)N2.Cl. The lowest BCUT2D eigenvalue weighted by Gasteiger charge is -2.31. The minimum Gasteiger partial charge on any atom is -0.339 e. The van der Waals surface area contributed by atoms with Crippen molar-refractivity contribution in [2.75, 3.05) is 7.05 Å². The van der Waals surface area contributed by atoms with Crippen LogP contribution in [0.2, 0.25) is 0 Å². The molecule has 1 N–H and O–H groups in total. The van der Waals surface area contributed by atoms with Gasteiger partial charge in [-0.05, 0) is 44.1 Å². The lowest BCUT2D eigenvalue weighted by Crippen LogP contribution is -2.40. The molecule has 2 saturated heterocycles. The van der Waals surface area contributed by atoms with Gasteiger partial charge in [0, 0.05) is 25.6 Å². The zero-order valence-electron chi connectivity index (χ0n) is 13.5. The number of rotatable bonds is 4. The first-order valence-electron chi connectivity index (χ1n) is 8.20. The summed E-state index contributed by atoms with van der Waals surface area (Å²) < 4.78 is 0. The third-order valence-corrected chi connectivity index (χ3v) is 5.29. The predicted molar refractivity (Wildman–Crippen MR) is 92.2 cm³/mol. The van der Waals surface area contributed by atoms with Gasteiger partial charge < -0.3 is 10.2 Å². The summed E-state index contributed by atoms with van der Waals surface area (Å²) >= 11 is 0. The van der Waals surface area contributed by atoms with Gasteiger partial charge in [0.1, 0.15) is 0 Å². The van der Waals surface area contributed by atoms with Crippen LogP contribution < -0.4 is 5.32 Å². The highest BCUT2D eigenvalue weighted by molar-refractivity contribution is 5.85. The maximum Gasteiger partial charge on any atom is 0.223 e. The lowest BCUT2D eigenvalue weighted by molar-refractivity contribution is -0.133. The van der Waals surface area contributed by atoms with E-state index in [-0.39, 0.29) is 24.4 Å². The average Bonchev–Trinajstić information content (AvgIpc) is 2.85. The molecule has 2 bridgehead atoms. The van der Waals surface area contributed by atoms with E-state index in [4.69, 9.17) is 0 Å². The number of piperidine rings is 1. The number of benzene rings is 1. The Morgan fingerprint density at radius 3 is 2.41 bits per heavy atom. The highest BCUT2D eigenvalue weighted by Gasteiger charge is 2.34. The van der Waals surface area contributed by atoms with Crippen LogP contribution in [0.1, 0.15) is 50.6 Å². The largest absolute Gasteiger partial charge is 0.339 e. The normalized spacial score (nSPS) is 27.8. The van der Waals surface area contributed by atoms with Gasteiger partial charge in [-0.3, -0.25) is 4.79 Å². The first-order chi connectivity index (χ1) is 10.1. The summed E-state index contributed by atoms with van der Waals surface area (Å²) in [5, 5.41) is 3.65. The highest BCUT2D eigenvalue weighted by atomic mass is 35.5. The Balaban J connectivity index is 0.00000176. The van der Waals surface area contributed by atoms with E-state index in [0.29, 0.717) is 24.4 Å². The first-order valence-corrected chi connectivity index (χ1v) is 8.20. The van der Waals surface area contributed by atoms with Gasteiger partial charge in [0.25, 0.3) is 0 Å². The Kier molecular flexibility index (Phi) is 5.87. The van der Waals surface area contributed by atoms with Gasteiger partial charge in [-0.1, -0.05) is 30.3 Å². The molecule has 2 heterocycles. The average molecular weight is 323 g/mol. The fraction of sp³-hybridized carbons (Fsp3) is 0.611. The van der Waals surface area contributed by atoms with Gasteiger partial charge in [0.15, 0.2) is 0 Å². The molecule has 3 unspecified atom stereocenters. The predicted octanol–water partition coefficient (Wildman–Crippen LogP) is 3.55. The van der Waals surface area contributed by atoms with Crippen LogP contribution in [0.5, 0.6) is 0 Å². The Morgan fingerprint density at radius 2 is 1.82 bits per heavy atom. The molecule has 2 fully saturated rings. The van der Waals surface area contributed by atoms with Crippen molar-refractivity contribution in [3.63, 3.8) is 0 Å². The first kappa shape index (κ1) is 17.3. The fourth-order valence-corrected chi connectivity index (χ4v) is 3.90. The van der Waals surface area contributed by atoms with Crippen LogP contribution >= 0.6 is 12.4 Å². The van der Waals surface area contributed by atoms with Crippen molar-refractivity contribution >= 4 is 18.3 Å². The number of nitrogens with zero attached hydrogens (tertiary/aromatic N) is 1. The number of amides is 1. The summed E-state index contributed by atoms with van der Waals surface area (Å²) in [7, 11) is 1.94. The van der Waals surface area contributed by atoms with Crippen molar-refractivity contribution in [2.45, 2.75) is 57.2 Å². The molecule has 3 nitrogen and oxygen atoms in total. The van der Waals surface area contributed by atoms with Gasteiger partial charge in [-0.25, -0.2) is 0 Å². The maximum atomic E-state index is 12.6. The van der Waals surface area contributed by atoms with E-state index in [0.717, 1.165) is 0 Å². The molecule has 2 aliphatic rings. The highest BCUT2D eigenvalue weighted by Crippen LogP contribution is 2.33. The van der Waals surface area contributed by atoms with Gasteiger partial charge in [-0.15, -0.1) is 12.4 Å². The molecule has 0 saturated carbocycles. The zero-order valence-corrected chi connectivity index (χ0v) is 14.3. The topological polar surface area (TPSA) is 32.3 Å². The molecular formula is C18H27ClN2O. The molecule has 1 amide bonds. The van der Waals surface area contributed by atoms with Crippen LogP contribution in [-0.2, 0) is 4.79 Å². The quantitative estimate of drug-likeness (QED) is 0.919. The monoisotopic (exact) mass is 322 g/mol. The van der Waals surface area contributed by atoms with E-state index in [1.54, 1.807) is 0 Å². The van der Waals surface area contributed by atoms with E-state index in [1.165, 1.54) is 31.2 Å². The lowest BCUT2D eigenvalue weighted by atomic mass is 9.89. The van der Waals surface area contributed by atoms with E-state index in [9.17, 15) is 4.79 Å². The van der Waals surface area contributed by atoms with Crippen molar-refractivity contribution in [1.82, 2.24) is 10.2 Å². The van der Waals surface area contributed by atoms with E-state index in [2.05, 4.69) is 24.4 Å². The molecule has 0 aromatic heterocycles. The van der Waals surface area contributed by atoms with E-state index >= 15 is 0 Å². The third kappa shape index (κ3) is 3.82. The second-order valence-corrected chi connectivity index (χ2v) is 6.77. The van der Waals surface area contributed by atoms with Crippen LogP contribution in [0.3, 0.4) is 0 Å². The van der Waals surface area contributed by atoms with Gasteiger partial charge in [-0.2, -0.15) is 0 Å². The van der Waals surface area contributed by atoms with Gasteiger partial charge >= 0.3 is 0 Å². The second-order valence-electron chi connectivity index (χ2n) is 6.77. The van der Waals surface area contributed by atoms with Crippen molar-refractivity contribution in [1.29, 1.82) is 0 Å². The number of nitrogens with one attached hydrogen (secondary N) is 1. The Hall–Kier alpha value is -1.06. The van der Waals surface area contributed by atoms with Crippen molar-refractivity contribution < 1.29 is 4.79 Å². The summed E-state index contributed by atoms with van der Waals surface area (Å²) in [6.45, 7) is 2.11. The Labute approximate surface area is 139 Å². The summed E-state index contributed by atoms with van der Waals surface area (Å²) in [6.07, 6.45) is 5.66. The zero-order chi connectivity index (χ0) is 14.8. The number of fused-ring (bicyclic) bond motifs is 2. The summed E-state index contributed by atoms with van der Waals surface area (Å²) in [4.78, 5) is 14.5. The summed E-state index contributed by atoms with van der Waals surface area (Å²) in [5.74, 6) is 0.860. The summed E-state index contributed by atoms with van der Waals surface area (Å²) in [5.41, 5.74) is 1.21. The number of hydrogen-bond acceptors (Lipinski definition) is 2. The molecule has 0 spiro atoms. The third-order valence-electron chi connectivity index (χ3n) is 5.29. The molecule has 3 rings (SSSR count). The molecule has 1 aromatic rings. The van der Waals surface area contributed by atoms with Crippen molar-refractivity contribution in [2.24, 2.45) is 5.92 Å². The van der Waals surface area contributed by atoms with Crippen LogP contribution in [0.4, 0.5) is 0 Å². The van der Waals surface area contributed by atoms with Crippen molar-refractivity contribution in [3.8, 4) is 0 Å².